The summed E-state index contributed by atoms with van der Waals surface area (Å²) in [6, 6.07) is 17.6. The second-order valence-corrected chi connectivity index (χ2v) is 6.34. The average molecular weight is 351 g/mol. The fourth-order valence-electron chi connectivity index (χ4n) is 2.99. The van der Waals surface area contributed by atoms with E-state index in [1.54, 1.807) is 24.3 Å². The number of piperidine rings is 1. The van der Waals surface area contributed by atoms with Gasteiger partial charge in [0, 0.05) is 43.8 Å². The summed E-state index contributed by atoms with van der Waals surface area (Å²) in [4.78, 5) is 14.6. The molecule has 0 aromatic heterocycles. The number of nitrogens with zero attached hydrogens (tertiary/aromatic N) is 2. The van der Waals surface area contributed by atoms with Crippen LogP contribution in [0.4, 0.5) is 0 Å². The fourth-order valence-corrected chi connectivity index (χ4v) is 2.99. The van der Waals surface area contributed by atoms with E-state index in [0.29, 0.717) is 12.2 Å². The summed E-state index contributed by atoms with van der Waals surface area (Å²) in [6.07, 6.45) is 1.77. The Balaban J connectivity index is 1.47. The second-order valence-electron chi connectivity index (χ2n) is 6.34. The molecule has 5 heteroatoms. The Morgan fingerprint density at radius 2 is 1.77 bits per heavy atom. The van der Waals surface area contributed by atoms with Gasteiger partial charge in [0.1, 0.15) is 5.75 Å². The molecule has 2 aromatic rings. The van der Waals surface area contributed by atoms with Crippen molar-refractivity contribution in [3.05, 3.63) is 65.7 Å². The summed E-state index contributed by atoms with van der Waals surface area (Å²) >= 11 is 0. The Labute approximate surface area is 154 Å². The summed E-state index contributed by atoms with van der Waals surface area (Å²) in [5.74, 6) is 0.577. The van der Waals surface area contributed by atoms with Crippen LogP contribution in [-0.2, 0) is 6.54 Å². The predicted molar refractivity (Wildman–Crippen MR) is 103 cm³/mol. The van der Waals surface area contributed by atoms with Gasteiger partial charge in [-0.2, -0.15) is 5.10 Å². The minimum Gasteiger partial charge on any atom is -0.494 e. The molecule has 5 nitrogen and oxygen atoms in total. The SMILES string of the molecule is CCOc1ccc(C(=O)NN=C2CCN(Cc3ccccc3)CC2)cc1. The van der Waals surface area contributed by atoms with Gasteiger partial charge in [-0.3, -0.25) is 9.69 Å². The Morgan fingerprint density at radius 1 is 1.08 bits per heavy atom. The Bertz CT molecular complexity index is 732. The standard InChI is InChI=1S/C21H25N3O2/c1-2-26-20-10-8-18(9-11-20)21(25)23-22-19-12-14-24(15-13-19)16-17-6-4-3-5-7-17/h3-11H,2,12-16H2,1H3,(H,23,25). The van der Waals surface area contributed by atoms with Crippen LogP contribution >= 0.6 is 0 Å². The monoisotopic (exact) mass is 351 g/mol. The van der Waals surface area contributed by atoms with E-state index in [9.17, 15) is 4.79 Å². The van der Waals surface area contributed by atoms with Crippen LogP contribution in [0.25, 0.3) is 0 Å². The van der Waals surface area contributed by atoms with Crippen LogP contribution < -0.4 is 10.2 Å². The van der Waals surface area contributed by atoms with Gasteiger partial charge in [0.2, 0.25) is 0 Å². The number of likely N-dealkylation sites (tertiary alicyclic amines) is 1. The molecule has 0 saturated carbocycles. The highest BCUT2D eigenvalue weighted by molar-refractivity contribution is 5.95. The van der Waals surface area contributed by atoms with Crippen molar-refractivity contribution >= 4 is 11.6 Å². The number of carbonyl (C=O) groups is 1. The summed E-state index contributed by atoms with van der Waals surface area (Å²) in [6.45, 7) is 5.44. The molecular formula is C21H25N3O2. The van der Waals surface area contributed by atoms with Gasteiger partial charge in [0.15, 0.2) is 0 Å². The molecule has 26 heavy (non-hydrogen) atoms. The first kappa shape index (κ1) is 18.1. The number of benzene rings is 2. The smallest absolute Gasteiger partial charge is 0.271 e. The zero-order valence-electron chi connectivity index (χ0n) is 15.1. The topological polar surface area (TPSA) is 53.9 Å². The lowest BCUT2D eigenvalue weighted by Gasteiger charge is -2.27. The zero-order chi connectivity index (χ0) is 18.2. The van der Waals surface area contributed by atoms with Gasteiger partial charge < -0.3 is 4.74 Å². The molecule has 3 rings (SSSR count). The minimum atomic E-state index is -0.188. The van der Waals surface area contributed by atoms with Crippen molar-refractivity contribution in [1.29, 1.82) is 0 Å². The number of ether oxygens (including phenoxy) is 1. The van der Waals surface area contributed by atoms with Gasteiger partial charge in [-0.05, 0) is 36.8 Å². The van der Waals surface area contributed by atoms with Crippen molar-refractivity contribution < 1.29 is 9.53 Å². The third-order valence-electron chi connectivity index (χ3n) is 4.43. The number of hydrogen-bond acceptors (Lipinski definition) is 4. The van der Waals surface area contributed by atoms with Crippen LogP contribution in [0, 0.1) is 0 Å². The number of amides is 1. The first-order valence-electron chi connectivity index (χ1n) is 9.09. The molecule has 0 bridgehead atoms. The van der Waals surface area contributed by atoms with Crippen molar-refractivity contribution in [3.8, 4) is 5.75 Å². The summed E-state index contributed by atoms with van der Waals surface area (Å²) in [7, 11) is 0. The molecule has 1 heterocycles. The van der Waals surface area contributed by atoms with Gasteiger partial charge in [0.05, 0.1) is 6.61 Å². The first-order valence-corrected chi connectivity index (χ1v) is 9.09. The Kier molecular flexibility index (Phi) is 6.39. The molecule has 1 fully saturated rings. The highest BCUT2D eigenvalue weighted by atomic mass is 16.5. The molecule has 136 valence electrons. The van der Waals surface area contributed by atoms with Crippen molar-refractivity contribution in [2.75, 3.05) is 19.7 Å². The zero-order valence-corrected chi connectivity index (χ0v) is 15.1. The lowest BCUT2D eigenvalue weighted by Crippen LogP contribution is -2.34. The van der Waals surface area contributed by atoms with E-state index in [1.165, 1.54) is 5.56 Å². The van der Waals surface area contributed by atoms with Crippen LogP contribution in [-0.4, -0.2) is 36.2 Å². The fraction of sp³-hybridized carbons (Fsp3) is 0.333. The van der Waals surface area contributed by atoms with Crippen LogP contribution in [0.2, 0.25) is 0 Å². The number of carbonyl (C=O) groups excluding carboxylic acids is 1. The van der Waals surface area contributed by atoms with E-state index in [4.69, 9.17) is 4.74 Å². The predicted octanol–water partition coefficient (Wildman–Crippen LogP) is 3.47. The number of hydrogen-bond donors (Lipinski definition) is 1. The normalized spacial score (nSPS) is 14.7. The maximum atomic E-state index is 12.2. The molecule has 2 aromatic carbocycles. The highest BCUT2D eigenvalue weighted by Crippen LogP contribution is 2.13. The molecule has 1 N–H and O–H groups in total. The summed E-state index contributed by atoms with van der Waals surface area (Å²) in [5.41, 5.74) is 5.64. The van der Waals surface area contributed by atoms with E-state index >= 15 is 0 Å². The maximum absolute atomic E-state index is 12.2. The molecule has 1 saturated heterocycles. The molecule has 1 aliphatic heterocycles. The van der Waals surface area contributed by atoms with Crippen LogP contribution in [0.15, 0.2) is 59.7 Å². The minimum absolute atomic E-state index is 0.188. The molecule has 0 spiro atoms. The molecule has 0 atom stereocenters. The molecule has 1 amide bonds. The largest absolute Gasteiger partial charge is 0.494 e. The molecule has 0 aliphatic carbocycles. The number of nitrogens with one attached hydrogen (secondary N) is 1. The average Bonchev–Trinajstić information content (AvgIpc) is 2.69. The van der Waals surface area contributed by atoms with Gasteiger partial charge in [0.25, 0.3) is 5.91 Å². The van der Waals surface area contributed by atoms with Crippen molar-refractivity contribution in [1.82, 2.24) is 10.3 Å². The van der Waals surface area contributed by atoms with Gasteiger partial charge in [-0.15, -0.1) is 0 Å². The van der Waals surface area contributed by atoms with E-state index in [-0.39, 0.29) is 5.91 Å². The third kappa shape index (κ3) is 5.17. The van der Waals surface area contributed by atoms with Crippen molar-refractivity contribution in [2.24, 2.45) is 5.10 Å². The van der Waals surface area contributed by atoms with E-state index < -0.39 is 0 Å². The van der Waals surface area contributed by atoms with Crippen LogP contribution in [0.5, 0.6) is 5.75 Å². The van der Waals surface area contributed by atoms with Crippen molar-refractivity contribution in [3.63, 3.8) is 0 Å². The molecule has 1 aliphatic rings. The second kappa shape index (κ2) is 9.15. The van der Waals surface area contributed by atoms with E-state index in [1.807, 2.05) is 13.0 Å². The van der Waals surface area contributed by atoms with E-state index in [0.717, 1.165) is 43.9 Å². The number of rotatable bonds is 6. The lowest BCUT2D eigenvalue weighted by molar-refractivity contribution is 0.0954. The van der Waals surface area contributed by atoms with Crippen LogP contribution in [0.1, 0.15) is 35.7 Å². The molecule has 0 unspecified atom stereocenters. The summed E-state index contributed by atoms with van der Waals surface area (Å²) in [5, 5.41) is 4.32. The van der Waals surface area contributed by atoms with Gasteiger partial charge in [-0.25, -0.2) is 5.43 Å². The van der Waals surface area contributed by atoms with Gasteiger partial charge in [-0.1, -0.05) is 30.3 Å². The van der Waals surface area contributed by atoms with Crippen molar-refractivity contribution in [2.45, 2.75) is 26.3 Å². The maximum Gasteiger partial charge on any atom is 0.271 e. The molecular weight excluding hydrogens is 326 g/mol. The Morgan fingerprint density at radius 3 is 2.42 bits per heavy atom. The summed E-state index contributed by atoms with van der Waals surface area (Å²) < 4.78 is 5.38. The first-order chi connectivity index (χ1) is 12.7. The third-order valence-corrected chi connectivity index (χ3v) is 4.43. The lowest BCUT2D eigenvalue weighted by atomic mass is 10.1. The van der Waals surface area contributed by atoms with Crippen LogP contribution in [0.3, 0.4) is 0 Å². The number of hydrazone groups is 1. The van der Waals surface area contributed by atoms with Gasteiger partial charge >= 0.3 is 0 Å². The highest BCUT2D eigenvalue weighted by Gasteiger charge is 2.15. The Hall–Kier alpha value is -2.66. The quantitative estimate of drug-likeness (QED) is 0.811. The van der Waals surface area contributed by atoms with E-state index in [2.05, 4.69) is 39.7 Å². The molecule has 0 radical (unpaired) electrons.